The van der Waals surface area contributed by atoms with Crippen molar-refractivity contribution in [3.63, 3.8) is 0 Å². The Morgan fingerprint density at radius 3 is 2.48 bits per heavy atom. The van der Waals surface area contributed by atoms with Crippen LogP contribution in [0, 0.1) is 0 Å². The Morgan fingerprint density at radius 1 is 1.16 bits per heavy atom. The monoisotopic (exact) mass is 345 g/mol. The molecule has 1 heterocycles. The van der Waals surface area contributed by atoms with Gasteiger partial charge in [0, 0.05) is 20.2 Å². The molecule has 0 aliphatic rings. The quantitative estimate of drug-likeness (QED) is 0.759. The summed E-state index contributed by atoms with van der Waals surface area (Å²) < 4.78 is 7.43. The van der Waals surface area contributed by atoms with E-state index >= 15 is 0 Å². The molecule has 2 rings (SSSR count). The Hall–Kier alpha value is -2.83. The van der Waals surface area contributed by atoms with Gasteiger partial charge in [-0.15, -0.1) is 0 Å². The molecular formula is C18H23N3O4. The maximum atomic E-state index is 12.3. The first-order valence-electron chi connectivity index (χ1n) is 8.18. The number of carbonyl (C=O) groups is 1. The summed E-state index contributed by atoms with van der Waals surface area (Å²) in [5.74, 6) is -0.120. The number of esters is 1. The number of carbonyl (C=O) groups excluding carboxylic acids is 1. The van der Waals surface area contributed by atoms with E-state index in [1.807, 2.05) is 30.3 Å². The molecule has 0 aliphatic heterocycles. The van der Waals surface area contributed by atoms with Crippen LogP contribution in [0.2, 0.25) is 0 Å². The molecule has 0 saturated heterocycles. The van der Waals surface area contributed by atoms with Crippen LogP contribution in [0.15, 0.2) is 46.0 Å². The van der Waals surface area contributed by atoms with E-state index in [1.54, 1.807) is 14.0 Å². The normalized spacial score (nSPS) is 11.8. The molecular weight excluding hydrogens is 322 g/mol. The number of aromatic nitrogens is 2. The minimum atomic E-state index is -0.655. The fourth-order valence-electron chi connectivity index (χ4n) is 2.50. The molecule has 134 valence electrons. The van der Waals surface area contributed by atoms with E-state index in [-0.39, 0.29) is 6.61 Å². The SMILES string of the molecule is CCOC(=O)[C@H](CCc1ccccc1)Nc1cc(=O)n(C)c(=O)n1C. The Balaban J connectivity index is 2.23. The molecule has 7 heteroatoms. The fourth-order valence-corrected chi connectivity index (χ4v) is 2.50. The standard InChI is InChI=1S/C18H23N3O4/c1-4-25-17(23)14(11-10-13-8-6-5-7-9-13)19-15-12-16(22)21(3)18(24)20(15)2/h5-9,12,14,19H,4,10-11H2,1-3H3/t14-/m0/s1. The van der Waals surface area contributed by atoms with Gasteiger partial charge in [0.15, 0.2) is 0 Å². The smallest absolute Gasteiger partial charge is 0.332 e. The van der Waals surface area contributed by atoms with Gasteiger partial charge in [0.1, 0.15) is 11.9 Å². The van der Waals surface area contributed by atoms with E-state index in [0.717, 1.165) is 10.1 Å². The van der Waals surface area contributed by atoms with E-state index in [2.05, 4.69) is 5.32 Å². The van der Waals surface area contributed by atoms with Gasteiger partial charge in [-0.25, -0.2) is 9.59 Å². The second-order valence-corrected chi connectivity index (χ2v) is 5.74. The zero-order valence-corrected chi connectivity index (χ0v) is 14.7. The van der Waals surface area contributed by atoms with Gasteiger partial charge in [-0.2, -0.15) is 0 Å². The molecule has 0 unspecified atom stereocenters. The van der Waals surface area contributed by atoms with Crippen LogP contribution in [0.5, 0.6) is 0 Å². The number of anilines is 1. The van der Waals surface area contributed by atoms with Gasteiger partial charge in [0.05, 0.1) is 6.61 Å². The van der Waals surface area contributed by atoms with Gasteiger partial charge in [-0.3, -0.25) is 13.9 Å². The number of nitrogens with zero attached hydrogens (tertiary/aromatic N) is 2. The first-order valence-corrected chi connectivity index (χ1v) is 8.18. The topological polar surface area (TPSA) is 82.3 Å². The van der Waals surface area contributed by atoms with Crippen molar-refractivity contribution in [2.45, 2.75) is 25.8 Å². The summed E-state index contributed by atoms with van der Waals surface area (Å²) in [6.07, 6.45) is 1.14. The van der Waals surface area contributed by atoms with Crippen molar-refractivity contribution in [3.8, 4) is 0 Å². The van der Waals surface area contributed by atoms with Gasteiger partial charge >= 0.3 is 11.7 Å². The molecule has 0 bridgehead atoms. The van der Waals surface area contributed by atoms with Crippen molar-refractivity contribution in [3.05, 3.63) is 62.8 Å². The van der Waals surface area contributed by atoms with E-state index in [4.69, 9.17) is 4.74 Å². The molecule has 1 aromatic heterocycles. The summed E-state index contributed by atoms with van der Waals surface area (Å²) in [7, 11) is 2.95. The summed E-state index contributed by atoms with van der Waals surface area (Å²) in [6.45, 7) is 2.00. The van der Waals surface area contributed by atoms with Crippen LogP contribution in [-0.2, 0) is 30.0 Å². The number of ether oxygens (including phenoxy) is 1. The highest BCUT2D eigenvalue weighted by atomic mass is 16.5. The third kappa shape index (κ3) is 4.59. The molecule has 2 aromatic rings. The minimum absolute atomic E-state index is 0.262. The first-order chi connectivity index (χ1) is 11.9. The van der Waals surface area contributed by atoms with Crippen LogP contribution in [0.3, 0.4) is 0 Å². The fraction of sp³-hybridized carbons (Fsp3) is 0.389. The molecule has 0 fully saturated rings. The average Bonchev–Trinajstić information content (AvgIpc) is 2.62. The van der Waals surface area contributed by atoms with Crippen molar-refractivity contribution < 1.29 is 9.53 Å². The molecule has 0 radical (unpaired) electrons. The van der Waals surface area contributed by atoms with Gasteiger partial charge in [0.25, 0.3) is 5.56 Å². The Labute approximate surface area is 145 Å². The minimum Gasteiger partial charge on any atom is -0.464 e. The number of rotatable bonds is 7. The summed E-state index contributed by atoms with van der Waals surface area (Å²) in [4.78, 5) is 36.2. The molecule has 0 spiro atoms. The number of nitrogens with one attached hydrogen (secondary N) is 1. The summed E-state index contributed by atoms with van der Waals surface area (Å²) in [5, 5.41) is 2.99. The van der Waals surface area contributed by atoms with Gasteiger partial charge < -0.3 is 10.1 Å². The van der Waals surface area contributed by atoms with Crippen LogP contribution in [0.1, 0.15) is 18.9 Å². The highest BCUT2D eigenvalue weighted by molar-refractivity contribution is 5.78. The lowest BCUT2D eigenvalue weighted by molar-refractivity contribution is -0.144. The third-order valence-electron chi connectivity index (χ3n) is 3.98. The largest absolute Gasteiger partial charge is 0.464 e. The molecule has 25 heavy (non-hydrogen) atoms. The molecule has 0 aliphatic carbocycles. The van der Waals surface area contributed by atoms with Gasteiger partial charge in [0.2, 0.25) is 0 Å². The van der Waals surface area contributed by atoms with Crippen molar-refractivity contribution in [2.24, 2.45) is 14.1 Å². The third-order valence-corrected chi connectivity index (χ3v) is 3.98. The number of aryl methyl sites for hydroxylation is 1. The van der Waals surface area contributed by atoms with Crippen LogP contribution in [0.25, 0.3) is 0 Å². The maximum Gasteiger partial charge on any atom is 0.332 e. The molecule has 1 N–H and O–H groups in total. The van der Waals surface area contributed by atoms with E-state index in [1.165, 1.54) is 17.7 Å². The second kappa shape index (κ2) is 8.32. The van der Waals surface area contributed by atoms with Crippen molar-refractivity contribution in [1.29, 1.82) is 0 Å². The average molecular weight is 345 g/mol. The Kier molecular flexibility index (Phi) is 6.16. The number of benzene rings is 1. The number of hydrogen-bond donors (Lipinski definition) is 1. The van der Waals surface area contributed by atoms with Crippen LogP contribution in [-0.4, -0.2) is 27.8 Å². The van der Waals surface area contributed by atoms with Crippen LogP contribution in [0.4, 0.5) is 5.82 Å². The van der Waals surface area contributed by atoms with Crippen molar-refractivity contribution in [1.82, 2.24) is 9.13 Å². The van der Waals surface area contributed by atoms with Gasteiger partial charge in [-0.1, -0.05) is 30.3 Å². The predicted octanol–water partition coefficient (Wildman–Crippen LogP) is 1.06. The lowest BCUT2D eigenvalue weighted by Gasteiger charge is -2.20. The lowest BCUT2D eigenvalue weighted by Crippen LogP contribution is -2.40. The summed E-state index contributed by atoms with van der Waals surface area (Å²) >= 11 is 0. The first kappa shape index (κ1) is 18.5. The molecule has 1 atom stereocenters. The zero-order valence-electron chi connectivity index (χ0n) is 14.7. The second-order valence-electron chi connectivity index (χ2n) is 5.74. The van der Waals surface area contributed by atoms with E-state index in [0.29, 0.717) is 18.7 Å². The van der Waals surface area contributed by atoms with Crippen molar-refractivity contribution in [2.75, 3.05) is 11.9 Å². The van der Waals surface area contributed by atoms with Crippen LogP contribution >= 0.6 is 0 Å². The molecule has 0 saturated carbocycles. The number of hydrogen-bond acceptors (Lipinski definition) is 5. The molecule has 1 aromatic carbocycles. The van der Waals surface area contributed by atoms with E-state index in [9.17, 15) is 14.4 Å². The van der Waals surface area contributed by atoms with Gasteiger partial charge in [-0.05, 0) is 25.3 Å². The van der Waals surface area contributed by atoms with E-state index < -0.39 is 23.3 Å². The maximum absolute atomic E-state index is 12.3. The van der Waals surface area contributed by atoms with Crippen molar-refractivity contribution >= 4 is 11.8 Å². The predicted molar refractivity (Wildman–Crippen MR) is 95.7 cm³/mol. The highest BCUT2D eigenvalue weighted by Gasteiger charge is 2.21. The van der Waals surface area contributed by atoms with Crippen LogP contribution < -0.4 is 16.6 Å². The zero-order chi connectivity index (χ0) is 18.4. The summed E-state index contributed by atoms with van der Waals surface area (Å²) in [5.41, 5.74) is 0.202. The lowest BCUT2D eigenvalue weighted by atomic mass is 10.1. The highest BCUT2D eigenvalue weighted by Crippen LogP contribution is 2.11. The molecule has 0 amide bonds. The molecule has 7 nitrogen and oxygen atoms in total. The Morgan fingerprint density at radius 2 is 1.84 bits per heavy atom. The summed E-state index contributed by atoms with van der Waals surface area (Å²) in [6, 6.07) is 10.4. The Bertz CT molecular complexity index is 840.